The molecule has 14 heavy (non-hydrogen) atoms. The fourth-order valence-corrected chi connectivity index (χ4v) is 1.44. The second kappa shape index (κ2) is 5.82. The highest BCUT2D eigenvalue weighted by atomic mass is 32.2. The topological polar surface area (TPSA) is 58.0 Å². The molecule has 0 saturated carbocycles. The summed E-state index contributed by atoms with van der Waals surface area (Å²) < 4.78 is 0. The zero-order chi connectivity index (χ0) is 10.4. The number of aryl methyl sites for hydroxylation is 1. The summed E-state index contributed by atoms with van der Waals surface area (Å²) in [7, 11) is 0. The zero-order valence-corrected chi connectivity index (χ0v) is 9.27. The van der Waals surface area contributed by atoms with Gasteiger partial charge in [0.25, 0.3) is 0 Å². The Balaban J connectivity index is 2.62. The minimum atomic E-state index is 0.201. The Morgan fingerprint density at radius 2 is 2.29 bits per heavy atom. The van der Waals surface area contributed by atoms with Crippen LogP contribution in [0.15, 0.2) is 11.2 Å². The van der Waals surface area contributed by atoms with Gasteiger partial charge in [-0.2, -0.15) is 0 Å². The summed E-state index contributed by atoms with van der Waals surface area (Å²) in [6, 6.07) is 1.90. The number of nitrogens with zero attached hydrogens (tertiary/aromatic N) is 2. The highest BCUT2D eigenvalue weighted by Gasteiger charge is 1.99. The predicted molar refractivity (Wildman–Crippen MR) is 58.7 cm³/mol. The average molecular weight is 213 g/mol. The maximum absolute atomic E-state index is 8.62. The fourth-order valence-electron chi connectivity index (χ4n) is 1.02. The van der Waals surface area contributed by atoms with Gasteiger partial charge in [-0.15, -0.1) is 0 Å². The minimum absolute atomic E-state index is 0.201. The van der Waals surface area contributed by atoms with Crippen molar-refractivity contribution in [2.75, 3.05) is 24.7 Å². The number of hydrogen-bond donors (Lipinski definition) is 2. The molecule has 0 saturated heterocycles. The van der Waals surface area contributed by atoms with Crippen molar-refractivity contribution < 1.29 is 5.11 Å². The third-order valence-electron chi connectivity index (χ3n) is 1.66. The first-order chi connectivity index (χ1) is 6.76. The van der Waals surface area contributed by atoms with E-state index < -0.39 is 0 Å². The van der Waals surface area contributed by atoms with Crippen LogP contribution in [0.1, 0.15) is 12.1 Å². The zero-order valence-electron chi connectivity index (χ0n) is 8.45. The second-order valence-corrected chi connectivity index (χ2v) is 3.66. The van der Waals surface area contributed by atoms with Crippen LogP contribution in [0.3, 0.4) is 0 Å². The molecule has 0 fully saturated rings. The molecule has 0 aliphatic heterocycles. The molecule has 2 N–H and O–H groups in total. The maximum atomic E-state index is 8.62. The maximum Gasteiger partial charge on any atom is 0.189 e. The van der Waals surface area contributed by atoms with Gasteiger partial charge in [-0.25, -0.2) is 9.97 Å². The molecule has 1 rings (SSSR count). The van der Waals surface area contributed by atoms with Crippen LogP contribution in [0.4, 0.5) is 5.82 Å². The Morgan fingerprint density at radius 1 is 1.50 bits per heavy atom. The summed E-state index contributed by atoms with van der Waals surface area (Å²) in [6.07, 6.45) is 2.68. The Labute approximate surface area is 88.2 Å². The van der Waals surface area contributed by atoms with Crippen LogP contribution in [0.5, 0.6) is 0 Å². The molecular formula is C9H15N3OS. The number of hydrogen-bond acceptors (Lipinski definition) is 5. The van der Waals surface area contributed by atoms with Gasteiger partial charge in [0.2, 0.25) is 0 Å². The van der Waals surface area contributed by atoms with Crippen molar-refractivity contribution in [2.45, 2.75) is 18.5 Å². The number of thioether (sulfide) groups is 1. The van der Waals surface area contributed by atoms with Gasteiger partial charge in [0, 0.05) is 24.9 Å². The number of aromatic nitrogens is 2. The van der Waals surface area contributed by atoms with E-state index in [-0.39, 0.29) is 6.61 Å². The lowest BCUT2D eigenvalue weighted by Gasteiger charge is -2.06. The van der Waals surface area contributed by atoms with E-state index in [2.05, 4.69) is 15.3 Å². The number of nitrogens with one attached hydrogen (secondary N) is 1. The molecule has 5 heteroatoms. The van der Waals surface area contributed by atoms with Crippen LogP contribution in [0, 0.1) is 6.92 Å². The van der Waals surface area contributed by atoms with Gasteiger partial charge in [0.05, 0.1) is 0 Å². The van der Waals surface area contributed by atoms with Crippen LogP contribution < -0.4 is 5.32 Å². The monoisotopic (exact) mass is 213 g/mol. The first-order valence-electron chi connectivity index (χ1n) is 4.50. The number of rotatable bonds is 5. The van der Waals surface area contributed by atoms with Crippen molar-refractivity contribution in [3.05, 3.63) is 11.8 Å². The molecule has 0 spiro atoms. The van der Waals surface area contributed by atoms with Gasteiger partial charge >= 0.3 is 0 Å². The van der Waals surface area contributed by atoms with Crippen molar-refractivity contribution in [1.82, 2.24) is 9.97 Å². The highest BCUT2D eigenvalue weighted by Crippen LogP contribution is 2.13. The van der Waals surface area contributed by atoms with Crippen LogP contribution in [0.2, 0.25) is 0 Å². The molecule has 0 amide bonds. The molecule has 0 unspecified atom stereocenters. The Morgan fingerprint density at radius 3 is 2.93 bits per heavy atom. The molecule has 1 aromatic heterocycles. The fraction of sp³-hybridized carbons (Fsp3) is 0.556. The first-order valence-corrected chi connectivity index (χ1v) is 5.73. The average Bonchev–Trinajstić information content (AvgIpc) is 2.17. The largest absolute Gasteiger partial charge is 0.396 e. The van der Waals surface area contributed by atoms with E-state index >= 15 is 0 Å². The summed E-state index contributed by atoms with van der Waals surface area (Å²) in [5.41, 5.74) is 0.954. The molecule has 0 aliphatic rings. The van der Waals surface area contributed by atoms with Crippen molar-refractivity contribution in [2.24, 2.45) is 0 Å². The van der Waals surface area contributed by atoms with E-state index in [1.807, 2.05) is 19.2 Å². The third kappa shape index (κ3) is 3.51. The Kier molecular flexibility index (Phi) is 4.69. The molecule has 0 aliphatic carbocycles. The Bertz CT molecular complexity index is 293. The quantitative estimate of drug-likeness (QED) is 0.438. The lowest BCUT2D eigenvalue weighted by molar-refractivity contribution is 0.292. The van der Waals surface area contributed by atoms with E-state index in [0.29, 0.717) is 0 Å². The van der Waals surface area contributed by atoms with Crippen LogP contribution in [0.25, 0.3) is 0 Å². The molecular weight excluding hydrogens is 198 g/mol. The van der Waals surface area contributed by atoms with Gasteiger partial charge in [0.1, 0.15) is 5.82 Å². The highest BCUT2D eigenvalue weighted by molar-refractivity contribution is 7.98. The van der Waals surface area contributed by atoms with Crippen molar-refractivity contribution in [3.8, 4) is 0 Å². The number of aliphatic hydroxyl groups excluding tert-OH is 1. The molecule has 78 valence electrons. The molecule has 0 bridgehead atoms. The lowest BCUT2D eigenvalue weighted by Crippen LogP contribution is -2.06. The summed E-state index contributed by atoms with van der Waals surface area (Å²) in [5.74, 6) is 0.829. The normalized spacial score (nSPS) is 10.2. The van der Waals surface area contributed by atoms with E-state index in [4.69, 9.17) is 5.11 Å². The molecule has 0 aromatic carbocycles. The molecule has 1 heterocycles. The standard InChI is InChI=1S/C9H15N3OS/c1-7-6-8(10-4-3-5-13)12-9(11-7)14-2/h6,13H,3-5H2,1-2H3,(H,10,11,12). The second-order valence-electron chi connectivity index (χ2n) is 2.89. The number of anilines is 1. The minimum Gasteiger partial charge on any atom is -0.396 e. The van der Waals surface area contributed by atoms with Gasteiger partial charge in [-0.1, -0.05) is 11.8 Å². The van der Waals surface area contributed by atoms with E-state index in [1.54, 1.807) is 0 Å². The van der Waals surface area contributed by atoms with Gasteiger partial charge in [0.15, 0.2) is 5.16 Å². The van der Waals surface area contributed by atoms with Gasteiger partial charge < -0.3 is 10.4 Å². The van der Waals surface area contributed by atoms with E-state index in [0.717, 1.165) is 29.6 Å². The molecule has 0 radical (unpaired) electrons. The smallest absolute Gasteiger partial charge is 0.189 e. The molecule has 0 atom stereocenters. The lowest BCUT2D eigenvalue weighted by atomic mass is 10.4. The Hall–Kier alpha value is -0.810. The van der Waals surface area contributed by atoms with E-state index in [9.17, 15) is 0 Å². The van der Waals surface area contributed by atoms with Crippen LogP contribution in [-0.2, 0) is 0 Å². The summed E-state index contributed by atoms with van der Waals surface area (Å²) in [5, 5.41) is 12.5. The summed E-state index contributed by atoms with van der Waals surface area (Å²) in [6.45, 7) is 2.88. The van der Waals surface area contributed by atoms with Gasteiger partial charge in [-0.05, 0) is 19.6 Å². The van der Waals surface area contributed by atoms with Crippen LogP contribution >= 0.6 is 11.8 Å². The SMILES string of the molecule is CSc1nc(C)cc(NCCCO)n1. The van der Waals surface area contributed by atoms with Crippen molar-refractivity contribution in [1.29, 1.82) is 0 Å². The summed E-state index contributed by atoms with van der Waals surface area (Å²) in [4.78, 5) is 8.53. The van der Waals surface area contributed by atoms with Crippen LogP contribution in [-0.4, -0.2) is 34.5 Å². The molecule has 1 aromatic rings. The molecule has 4 nitrogen and oxygen atoms in total. The first kappa shape index (κ1) is 11.3. The number of aliphatic hydroxyl groups is 1. The van der Waals surface area contributed by atoms with Crippen molar-refractivity contribution >= 4 is 17.6 Å². The van der Waals surface area contributed by atoms with E-state index in [1.165, 1.54) is 11.8 Å². The third-order valence-corrected chi connectivity index (χ3v) is 2.21. The van der Waals surface area contributed by atoms with Crippen molar-refractivity contribution in [3.63, 3.8) is 0 Å². The summed E-state index contributed by atoms with van der Waals surface area (Å²) >= 11 is 1.52. The van der Waals surface area contributed by atoms with Gasteiger partial charge in [-0.3, -0.25) is 0 Å². The predicted octanol–water partition coefficient (Wildman–Crippen LogP) is 1.30.